The van der Waals surface area contributed by atoms with Gasteiger partial charge in [0.15, 0.2) is 0 Å². The van der Waals surface area contributed by atoms with Crippen molar-refractivity contribution >= 4 is 11.9 Å². The largest absolute Gasteiger partial charge is 0.379 e. The minimum absolute atomic E-state index is 0.322. The van der Waals surface area contributed by atoms with Crippen LogP contribution in [0.3, 0.4) is 0 Å². The van der Waals surface area contributed by atoms with E-state index in [-0.39, 0.29) is 0 Å². The first-order valence-electron chi connectivity index (χ1n) is 10.3. The first-order chi connectivity index (χ1) is 12.8. The van der Waals surface area contributed by atoms with Crippen LogP contribution in [0.4, 0.5) is 0 Å². The Morgan fingerprint density at radius 1 is 0.926 bits per heavy atom. The SMILES string of the molecule is CC.CC(C)CC/C(C=NCCOCCOCCOCCC(C)(C)C)=N/N. The molecule has 162 valence electrons. The summed E-state index contributed by atoms with van der Waals surface area (Å²) in [6, 6.07) is 0. The van der Waals surface area contributed by atoms with E-state index in [0.29, 0.717) is 50.9 Å². The van der Waals surface area contributed by atoms with Crippen LogP contribution in [-0.2, 0) is 14.2 Å². The Hall–Kier alpha value is -0.980. The molecule has 0 unspecified atom stereocenters. The van der Waals surface area contributed by atoms with Crippen molar-refractivity contribution in [1.29, 1.82) is 0 Å². The Labute approximate surface area is 167 Å². The van der Waals surface area contributed by atoms with Crippen molar-refractivity contribution in [1.82, 2.24) is 0 Å². The Balaban J connectivity index is 0. The maximum absolute atomic E-state index is 5.53. The van der Waals surface area contributed by atoms with Crippen LogP contribution in [-0.4, -0.2) is 58.1 Å². The van der Waals surface area contributed by atoms with Gasteiger partial charge in [0.05, 0.1) is 45.3 Å². The third kappa shape index (κ3) is 25.0. The molecule has 6 heteroatoms. The van der Waals surface area contributed by atoms with Crippen molar-refractivity contribution in [3.63, 3.8) is 0 Å². The molecule has 0 aliphatic carbocycles. The fourth-order valence-corrected chi connectivity index (χ4v) is 1.81. The molecule has 0 aromatic rings. The Kier molecular flexibility index (Phi) is 20.7. The first kappa shape index (κ1) is 28.2. The number of nitrogens with two attached hydrogens (primary N) is 1. The summed E-state index contributed by atoms with van der Waals surface area (Å²) in [5.74, 6) is 5.99. The molecular formula is C21H45N3O3. The van der Waals surface area contributed by atoms with Gasteiger partial charge in [-0.05, 0) is 30.6 Å². The van der Waals surface area contributed by atoms with Crippen LogP contribution < -0.4 is 5.84 Å². The highest BCUT2D eigenvalue weighted by atomic mass is 16.5. The molecule has 0 heterocycles. The van der Waals surface area contributed by atoms with Gasteiger partial charge in [-0.3, -0.25) is 4.99 Å². The molecule has 2 N–H and O–H groups in total. The Bertz CT molecular complexity index is 364. The lowest BCUT2D eigenvalue weighted by Crippen LogP contribution is -2.13. The zero-order valence-corrected chi connectivity index (χ0v) is 18.9. The molecule has 0 saturated heterocycles. The molecule has 0 amide bonds. The summed E-state index contributed by atoms with van der Waals surface area (Å²) in [5, 5.41) is 3.76. The standard InChI is InChI=1S/C19H39N3O3.C2H6/c1-17(2)6-7-18(22-20)16-21-9-11-24-13-15-25-14-12-23-10-8-19(3,4)5;1-2/h16-17H,6-15,20H2,1-5H3;1-2H3/b21-16?,22-18-;. The quantitative estimate of drug-likeness (QED) is 0.196. The van der Waals surface area contributed by atoms with E-state index in [0.717, 1.165) is 31.6 Å². The zero-order valence-electron chi connectivity index (χ0n) is 18.9. The summed E-state index contributed by atoms with van der Waals surface area (Å²) in [7, 11) is 0. The predicted octanol–water partition coefficient (Wildman–Crippen LogP) is 4.32. The third-order valence-corrected chi connectivity index (χ3v) is 3.49. The summed E-state index contributed by atoms with van der Waals surface area (Å²) in [6.45, 7) is 19.4. The summed E-state index contributed by atoms with van der Waals surface area (Å²) in [5.41, 5.74) is 1.16. The van der Waals surface area contributed by atoms with Crippen molar-refractivity contribution in [2.45, 2.75) is 67.7 Å². The van der Waals surface area contributed by atoms with Gasteiger partial charge >= 0.3 is 0 Å². The molecule has 0 aromatic heterocycles. The fourth-order valence-electron chi connectivity index (χ4n) is 1.81. The molecule has 0 aliphatic heterocycles. The number of hydrogen-bond donors (Lipinski definition) is 1. The van der Waals surface area contributed by atoms with Crippen LogP contribution in [0.2, 0.25) is 0 Å². The molecule has 0 radical (unpaired) electrons. The van der Waals surface area contributed by atoms with Crippen LogP contribution in [0, 0.1) is 11.3 Å². The lowest BCUT2D eigenvalue weighted by Gasteiger charge is -2.17. The molecule has 0 bridgehead atoms. The van der Waals surface area contributed by atoms with Crippen molar-refractivity contribution in [3.8, 4) is 0 Å². The van der Waals surface area contributed by atoms with Gasteiger partial charge in [0.1, 0.15) is 0 Å². The summed E-state index contributed by atoms with van der Waals surface area (Å²) in [6.07, 6.45) is 4.74. The van der Waals surface area contributed by atoms with Gasteiger partial charge in [-0.25, -0.2) is 0 Å². The van der Waals surface area contributed by atoms with Crippen LogP contribution in [0.1, 0.15) is 67.7 Å². The molecule has 0 aromatic carbocycles. The highest BCUT2D eigenvalue weighted by Crippen LogP contribution is 2.17. The molecule has 0 aliphatic rings. The van der Waals surface area contributed by atoms with Crippen LogP contribution in [0.25, 0.3) is 0 Å². The van der Waals surface area contributed by atoms with E-state index < -0.39 is 0 Å². The molecule has 0 atom stereocenters. The third-order valence-electron chi connectivity index (χ3n) is 3.49. The monoisotopic (exact) mass is 387 g/mol. The number of hydrogen-bond acceptors (Lipinski definition) is 6. The maximum atomic E-state index is 5.53. The molecular weight excluding hydrogens is 342 g/mol. The van der Waals surface area contributed by atoms with Crippen LogP contribution >= 0.6 is 0 Å². The highest BCUT2D eigenvalue weighted by Gasteiger charge is 2.08. The lowest BCUT2D eigenvalue weighted by atomic mass is 9.93. The van der Waals surface area contributed by atoms with E-state index in [9.17, 15) is 0 Å². The second kappa shape index (κ2) is 19.8. The Morgan fingerprint density at radius 2 is 1.44 bits per heavy atom. The minimum atomic E-state index is 0.322. The summed E-state index contributed by atoms with van der Waals surface area (Å²) < 4.78 is 16.5. The second-order valence-corrected chi connectivity index (χ2v) is 7.74. The van der Waals surface area contributed by atoms with E-state index in [4.69, 9.17) is 20.1 Å². The van der Waals surface area contributed by atoms with E-state index in [2.05, 4.69) is 44.7 Å². The topological polar surface area (TPSA) is 78.4 Å². The van der Waals surface area contributed by atoms with Gasteiger partial charge in [0.2, 0.25) is 0 Å². The predicted molar refractivity (Wildman–Crippen MR) is 117 cm³/mol. The number of hydrazone groups is 1. The summed E-state index contributed by atoms with van der Waals surface area (Å²) in [4.78, 5) is 4.29. The van der Waals surface area contributed by atoms with Gasteiger partial charge in [-0.15, -0.1) is 0 Å². The van der Waals surface area contributed by atoms with Crippen LogP contribution in [0.5, 0.6) is 0 Å². The van der Waals surface area contributed by atoms with Crippen molar-refractivity contribution in [3.05, 3.63) is 0 Å². The van der Waals surface area contributed by atoms with Crippen molar-refractivity contribution in [2.24, 2.45) is 27.3 Å². The maximum Gasteiger partial charge on any atom is 0.0778 e. The van der Waals surface area contributed by atoms with E-state index in [1.54, 1.807) is 6.21 Å². The average molecular weight is 388 g/mol. The second-order valence-electron chi connectivity index (χ2n) is 7.74. The van der Waals surface area contributed by atoms with Gasteiger partial charge in [0, 0.05) is 12.8 Å². The zero-order chi connectivity index (χ0) is 21.0. The normalized spacial score (nSPS) is 12.5. The first-order valence-corrected chi connectivity index (χ1v) is 10.3. The number of nitrogens with zero attached hydrogens (tertiary/aromatic N) is 2. The fraction of sp³-hybridized carbons (Fsp3) is 0.905. The molecule has 0 saturated carbocycles. The molecule has 0 spiro atoms. The number of aliphatic imine (C=N–C) groups is 1. The smallest absolute Gasteiger partial charge is 0.0778 e. The average Bonchev–Trinajstić information content (AvgIpc) is 2.62. The highest BCUT2D eigenvalue weighted by molar-refractivity contribution is 6.30. The van der Waals surface area contributed by atoms with E-state index in [1.807, 2.05) is 13.8 Å². The minimum Gasteiger partial charge on any atom is -0.379 e. The molecule has 0 fully saturated rings. The van der Waals surface area contributed by atoms with Crippen molar-refractivity contribution in [2.75, 3.05) is 46.2 Å². The van der Waals surface area contributed by atoms with Crippen molar-refractivity contribution < 1.29 is 14.2 Å². The lowest BCUT2D eigenvalue weighted by molar-refractivity contribution is 0.0117. The van der Waals surface area contributed by atoms with Gasteiger partial charge < -0.3 is 20.1 Å². The molecule has 6 nitrogen and oxygen atoms in total. The molecule has 0 rings (SSSR count). The van der Waals surface area contributed by atoms with Crippen LogP contribution in [0.15, 0.2) is 10.1 Å². The molecule has 27 heavy (non-hydrogen) atoms. The van der Waals surface area contributed by atoms with E-state index in [1.165, 1.54) is 0 Å². The van der Waals surface area contributed by atoms with E-state index >= 15 is 0 Å². The van der Waals surface area contributed by atoms with Gasteiger partial charge in [0.25, 0.3) is 0 Å². The summed E-state index contributed by atoms with van der Waals surface area (Å²) >= 11 is 0. The number of rotatable bonds is 15. The van der Waals surface area contributed by atoms with Gasteiger partial charge in [-0.1, -0.05) is 48.5 Å². The van der Waals surface area contributed by atoms with Gasteiger partial charge in [-0.2, -0.15) is 5.10 Å². The number of ether oxygens (including phenoxy) is 3. The Morgan fingerprint density at radius 3 is 1.93 bits per heavy atom.